The van der Waals surface area contributed by atoms with Gasteiger partial charge in [-0.15, -0.1) is 0 Å². The van der Waals surface area contributed by atoms with E-state index in [0.717, 1.165) is 0 Å². The average molecular weight is 266 g/mol. The molecule has 0 spiro atoms. The van der Waals surface area contributed by atoms with Crippen LogP contribution >= 0.6 is 12.2 Å². The van der Waals surface area contributed by atoms with Gasteiger partial charge in [0.1, 0.15) is 5.75 Å². The number of carbonyl (C=O) groups is 1. The number of rotatable bonds is 5. The van der Waals surface area contributed by atoms with Crippen LogP contribution in [0.25, 0.3) is 0 Å². The third kappa shape index (κ3) is 3.20. The first kappa shape index (κ1) is 14.4. The monoisotopic (exact) mass is 266 g/mol. The Morgan fingerprint density at radius 1 is 1.56 bits per heavy atom. The molecular weight excluding hydrogens is 248 g/mol. The SMILES string of the molecule is CCC(C)(NC(=O)c1cccc(OC)c1)C(N)=S. The minimum atomic E-state index is -0.671. The van der Waals surface area contributed by atoms with E-state index in [2.05, 4.69) is 5.32 Å². The second-order valence-corrected chi connectivity index (χ2v) is 4.68. The predicted octanol–water partition coefficient (Wildman–Crippen LogP) is 1.88. The average Bonchev–Trinajstić information content (AvgIpc) is 2.38. The Labute approximate surface area is 113 Å². The molecule has 0 aromatic heterocycles. The molecule has 0 saturated heterocycles. The maximum absolute atomic E-state index is 12.1. The van der Waals surface area contributed by atoms with Gasteiger partial charge < -0.3 is 15.8 Å². The molecule has 1 amide bonds. The lowest BCUT2D eigenvalue weighted by molar-refractivity contribution is 0.0926. The molecular formula is C13H18N2O2S. The third-order valence-corrected chi connectivity index (χ3v) is 3.42. The molecule has 0 saturated carbocycles. The molecule has 98 valence electrons. The van der Waals surface area contributed by atoms with E-state index in [1.807, 2.05) is 13.8 Å². The fourth-order valence-corrected chi connectivity index (χ4v) is 1.61. The van der Waals surface area contributed by atoms with Gasteiger partial charge >= 0.3 is 0 Å². The fraction of sp³-hybridized carbons (Fsp3) is 0.385. The molecule has 0 aliphatic heterocycles. The number of nitrogens with two attached hydrogens (primary N) is 1. The number of carbonyl (C=O) groups excluding carboxylic acids is 1. The zero-order valence-corrected chi connectivity index (χ0v) is 11.6. The van der Waals surface area contributed by atoms with Gasteiger partial charge in [0.05, 0.1) is 17.6 Å². The van der Waals surface area contributed by atoms with Crippen molar-refractivity contribution in [3.05, 3.63) is 29.8 Å². The van der Waals surface area contributed by atoms with Gasteiger partial charge in [-0.3, -0.25) is 4.79 Å². The van der Waals surface area contributed by atoms with Gasteiger partial charge in [0, 0.05) is 5.56 Å². The predicted molar refractivity (Wildman–Crippen MR) is 75.9 cm³/mol. The number of hydrogen-bond donors (Lipinski definition) is 2. The van der Waals surface area contributed by atoms with Gasteiger partial charge in [-0.1, -0.05) is 25.2 Å². The lowest BCUT2D eigenvalue weighted by atomic mass is 9.98. The first-order valence-corrected chi connectivity index (χ1v) is 6.10. The van der Waals surface area contributed by atoms with Crippen LogP contribution in [0.4, 0.5) is 0 Å². The summed E-state index contributed by atoms with van der Waals surface area (Å²) in [6, 6.07) is 6.93. The molecule has 5 heteroatoms. The number of benzene rings is 1. The molecule has 0 bridgehead atoms. The Morgan fingerprint density at radius 2 is 2.22 bits per heavy atom. The number of methoxy groups -OCH3 is 1. The van der Waals surface area contributed by atoms with Crippen molar-refractivity contribution in [1.29, 1.82) is 0 Å². The molecule has 1 atom stereocenters. The number of nitrogens with one attached hydrogen (secondary N) is 1. The topological polar surface area (TPSA) is 64.3 Å². The van der Waals surface area contributed by atoms with E-state index in [1.54, 1.807) is 31.4 Å². The molecule has 3 N–H and O–H groups in total. The van der Waals surface area contributed by atoms with Crippen molar-refractivity contribution < 1.29 is 9.53 Å². The number of thiocarbonyl (C=S) groups is 1. The third-order valence-electron chi connectivity index (χ3n) is 2.97. The maximum atomic E-state index is 12.1. The summed E-state index contributed by atoms with van der Waals surface area (Å²) in [7, 11) is 1.56. The van der Waals surface area contributed by atoms with Crippen molar-refractivity contribution in [2.24, 2.45) is 5.73 Å². The quantitative estimate of drug-likeness (QED) is 0.799. The van der Waals surface area contributed by atoms with Crippen LogP contribution in [0.2, 0.25) is 0 Å². The van der Waals surface area contributed by atoms with Crippen molar-refractivity contribution in [1.82, 2.24) is 5.32 Å². The van der Waals surface area contributed by atoms with E-state index in [-0.39, 0.29) is 10.9 Å². The van der Waals surface area contributed by atoms with Crippen LogP contribution in [0, 0.1) is 0 Å². The highest BCUT2D eigenvalue weighted by molar-refractivity contribution is 7.80. The summed E-state index contributed by atoms with van der Waals surface area (Å²) in [5.41, 5.74) is 5.50. The lowest BCUT2D eigenvalue weighted by Gasteiger charge is -2.28. The Bertz CT molecular complexity index is 462. The highest BCUT2D eigenvalue weighted by atomic mass is 32.1. The standard InChI is InChI=1S/C13H18N2O2S/c1-4-13(2,12(14)18)15-11(16)9-6-5-7-10(8-9)17-3/h5-8H,4H2,1-3H3,(H2,14,18)(H,15,16). The first-order chi connectivity index (χ1) is 8.42. The van der Waals surface area contributed by atoms with Crippen molar-refractivity contribution in [3.8, 4) is 5.75 Å². The summed E-state index contributed by atoms with van der Waals surface area (Å²) in [6.07, 6.45) is 0.637. The highest BCUT2D eigenvalue weighted by Gasteiger charge is 2.27. The second kappa shape index (κ2) is 5.82. The number of ether oxygens (including phenoxy) is 1. The van der Waals surface area contributed by atoms with Crippen molar-refractivity contribution in [2.45, 2.75) is 25.8 Å². The summed E-state index contributed by atoms with van der Waals surface area (Å²) in [5.74, 6) is 0.419. The van der Waals surface area contributed by atoms with Crippen molar-refractivity contribution in [2.75, 3.05) is 7.11 Å². The minimum Gasteiger partial charge on any atom is -0.497 e. The van der Waals surface area contributed by atoms with Crippen LogP contribution in [0.3, 0.4) is 0 Å². The number of amides is 1. The molecule has 0 radical (unpaired) electrons. The van der Waals surface area contributed by atoms with Gasteiger partial charge in [0.25, 0.3) is 5.91 Å². The Hall–Kier alpha value is -1.62. The van der Waals surface area contributed by atoms with Crippen LogP contribution in [-0.2, 0) is 0 Å². The molecule has 1 rings (SSSR count). The summed E-state index contributed by atoms with van der Waals surface area (Å²) in [4.78, 5) is 12.4. The van der Waals surface area contributed by atoms with Gasteiger partial charge in [-0.25, -0.2) is 0 Å². The van der Waals surface area contributed by atoms with Gasteiger partial charge in [0.2, 0.25) is 0 Å². The normalized spacial score (nSPS) is 13.5. The molecule has 0 aliphatic carbocycles. The first-order valence-electron chi connectivity index (χ1n) is 5.69. The van der Waals surface area contributed by atoms with Gasteiger partial charge in [0.15, 0.2) is 0 Å². The summed E-state index contributed by atoms with van der Waals surface area (Å²) in [5, 5.41) is 2.85. The summed E-state index contributed by atoms with van der Waals surface area (Å²) < 4.78 is 5.08. The Balaban J connectivity index is 2.91. The summed E-state index contributed by atoms with van der Waals surface area (Å²) >= 11 is 4.98. The van der Waals surface area contributed by atoms with Gasteiger partial charge in [-0.05, 0) is 31.5 Å². The zero-order chi connectivity index (χ0) is 13.8. The highest BCUT2D eigenvalue weighted by Crippen LogP contribution is 2.15. The largest absolute Gasteiger partial charge is 0.497 e. The van der Waals surface area contributed by atoms with E-state index in [4.69, 9.17) is 22.7 Å². The zero-order valence-electron chi connectivity index (χ0n) is 10.8. The van der Waals surface area contributed by atoms with E-state index in [0.29, 0.717) is 17.7 Å². The second-order valence-electron chi connectivity index (χ2n) is 4.24. The molecule has 1 aromatic rings. The van der Waals surface area contributed by atoms with E-state index >= 15 is 0 Å². The Kier molecular flexibility index (Phi) is 4.67. The van der Waals surface area contributed by atoms with E-state index in [9.17, 15) is 4.79 Å². The van der Waals surface area contributed by atoms with Crippen molar-refractivity contribution in [3.63, 3.8) is 0 Å². The molecule has 4 nitrogen and oxygen atoms in total. The van der Waals surface area contributed by atoms with Crippen LogP contribution < -0.4 is 15.8 Å². The molecule has 0 aliphatic rings. The minimum absolute atomic E-state index is 0.217. The Morgan fingerprint density at radius 3 is 2.72 bits per heavy atom. The van der Waals surface area contributed by atoms with Gasteiger partial charge in [-0.2, -0.15) is 0 Å². The smallest absolute Gasteiger partial charge is 0.252 e. The van der Waals surface area contributed by atoms with Crippen LogP contribution in [0.5, 0.6) is 5.75 Å². The number of hydrogen-bond acceptors (Lipinski definition) is 3. The molecule has 0 heterocycles. The van der Waals surface area contributed by atoms with E-state index in [1.165, 1.54) is 0 Å². The van der Waals surface area contributed by atoms with E-state index < -0.39 is 5.54 Å². The lowest BCUT2D eigenvalue weighted by Crippen LogP contribution is -2.54. The maximum Gasteiger partial charge on any atom is 0.252 e. The molecule has 18 heavy (non-hydrogen) atoms. The fourth-order valence-electron chi connectivity index (χ4n) is 1.41. The van der Waals surface area contributed by atoms with Crippen LogP contribution in [-0.4, -0.2) is 23.5 Å². The molecule has 1 aromatic carbocycles. The summed E-state index contributed by atoms with van der Waals surface area (Å²) in [6.45, 7) is 3.73. The molecule has 1 unspecified atom stereocenters. The molecule has 0 fully saturated rings. The van der Waals surface area contributed by atoms with Crippen LogP contribution in [0.1, 0.15) is 30.6 Å². The van der Waals surface area contributed by atoms with Crippen LogP contribution in [0.15, 0.2) is 24.3 Å². The van der Waals surface area contributed by atoms with Crippen molar-refractivity contribution >= 4 is 23.1 Å².